The Labute approximate surface area is 114 Å². The van der Waals surface area contributed by atoms with Gasteiger partial charge in [-0.05, 0) is 25.0 Å². The van der Waals surface area contributed by atoms with E-state index in [2.05, 4.69) is 12.2 Å². The van der Waals surface area contributed by atoms with Crippen molar-refractivity contribution in [3.63, 3.8) is 0 Å². The van der Waals surface area contributed by atoms with Crippen molar-refractivity contribution < 1.29 is 14.7 Å². The first kappa shape index (κ1) is 17.3. The van der Waals surface area contributed by atoms with Gasteiger partial charge in [-0.15, -0.1) is 11.8 Å². The molecule has 0 saturated carbocycles. The van der Waals surface area contributed by atoms with Crippen LogP contribution in [0.3, 0.4) is 0 Å². The SMILES string of the molecule is CCCCSC(C)C(=O)NC(C(=O)O)C(C)CC. The highest BCUT2D eigenvalue weighted by atomic mass is 32.2. The van der Waals surface area contributed by atoms with Crippen LogP contribution in [0.15, 0.2) is 0 Å². The molecule has 0 fully saturated rings. The van der Waals surface area contributed by atoms with Gasteiger partial charge >= 0.3 is 5.97 Å². The van der Waals surface area contributed by atoms with E-state index < -0.39 is 12.0 Å². The molecule has 0 rings (SSSR count). The number of carboxylic acids is 1. The summed E-state index contributed by atoms with van der Waals surface area (Å²) < 4.78 is 0. The van der Waals surface area contributed by atoms with Gasteiger partial charge in [0.25, 0.3) is 0 Å². The lowest BCUT2D eigenvalue weighted by Gasteiger charge is -2.22. The lowest BCUT2D eigenvalue weighted by atomic mass is 9.99. The zero-order valence-electron chi connectivity index (χ0n) is 11.7. The van der Waals surface area contributed by atoms with E-state index in [4.69, 9.17) is 5.11 Å². The van der Waals surface area contributed by atoms with Crippen LogP contribution in [0.25, 0.3) is 0 Å². The number of unbranched alkanes of at least 4 members (excludes halogenated alkanes) is 1. The fourth-order valence-electron chi connectivity index (χ4n) is 1.43. The molecule has 0 aliphatic carbocycles. The van der Waals surface area contributed by atoms with E-state index in [0.29, 0.717) is 0 Å². The third-order valence-corrected chi connectivity index (χ3v) is 4.25. The van der Waals surface area contributed by atoms with E-state index in [9.17, 15) is 9.59 Å². The maximum Gasteiger partial charge on any atom is 0.326 e. The highest BCUT2D eigenvalue weighted by Gasteiger charge is 2.27. The second kappa shape index (κ2) is 9.25. The molecular weight excluding hydrogens is 250 g/mol. The van der Waals surface area contributed by atoms with Crippen molar-refractivity contribution in [2.24, 2.45) is 5.92 Å². The van der Waals surface area contributed by atoms with Gasteiger partial charge in [-0.2, -0.15) is 0 Å². The Morgan fingerprint density at radius 1 is 1.28 bits per heavy atom. The quantitative estimate of drug-likeness (QED) is 0.635. The van der Waals surface area contributed by atoms with Crippen LogP contribution in [-0.4, -0.2) is 34.0 Å². The van der Waals surface area contributed by atoms with Gasteiger partial charge in [0.2, 0.25) is 5.91 Å². The third kappa shape index (κ3) is 6.28. The van der Waals surface area contributed by atoms with Gasteiger partial charge < -0.3 is 10.4 Å². The van der Waals surface area contributed by atoms with Gasteiger partial charge in [0.1, 0.15) is 6.04 Å². The first-order valence-corrected chi connectivity index (χ1v) is 7.63. The summed E-state index contributed by atoms with van der Waals surface area (Å²) in [6, 6.07) is -0.781. The molecule has 0 bridgehead atoms. The summed E-state index contributed by atoms with van der Waals surface area (Å²) in [6.45, 7) is 7.69. The van der Waals surface area contributed by atoms with E-state index in [0.717, 1.165) is 25.0 Å². The highest BCUT2D eigenvalue weighted by Crippen LogP contribution is 2.14. The monoisotopic (exact) mass is 275 g/mol. The summed E-state index contributed by atoms with van der Waals surface area (Å²) in [4.78, 5) is 23.0. The average molecular weight is 275 g/mol. The molecule has 0 aromatic rings. The van der Waals surface area contributed by atoms with Crippen molar-refractivity contribution in [2.75, 3.05) is 5.75 Å². The Bertz CT molecular complexity index is 271. The Balaban J connectivity index is 4.28. The summed E-state index contributed by atoms with van der Waals surface area (Å²) in [5.74, 6) is -0.252. The summed E-state index contributed by atoms with van der Waals surface area (Å²) in [6.07, 6.45) is 2.91. The fourth-order valence-corrected chi connectivity index (χ4v) is 2.46. The van der Waals surface area contributed by atoms with Crippen LogP contribution in [0.5, 0.6) is 0 Å². The molecule has 0 saturated heterocycles. The zero-order valence-corrected chi connectivity index (χ0v) is 12.5. The van der Waals surface area contributed by atoms with Crippen LogP contribution in [0.2, 0.25) is 0 Å². The van der Waals surface area contributed by atoms with Crippen molar-refractivity contribution >= 4 is 23.6 Å². The number of rotatable bonds is 9. The number of nitrogens with one attached hydrogen (secondary N) is 1. The molecule has 0 heterocycles. The van der Waals surface area contributed by atoms with Crippen molar-refractivity contribution in [2.45, 2.75) is 58.2 Å². The maximum atomic E-state index is 11.9. The van der Waals surface area contributed by atoms with E-state index in [1.807, 2.05) is 20.8 Å². The molecule has 0 aromatic heterocycles. The van der Waals surface area contributed by atoms with Gasteiger partial charge in [0.15, 0.2) is 0 Å². The van der Waals surface area contributed by atoms with Gasteiger partial charge in [0, 0.05) is 0 Å². The maximum absolute atomic E-state index is 11.9. The number of thioether (sulfide) groups is 1. The second-order valence-corrected chi connectivity index (χ2v) is 6.03. The van der Waals surface area contributed by atoms with Gasteiger partial charge in [0.05, 0.1) is 5.25 Å². The topological polar surface area (TPSA) is 66.4 Å². The van der Waals surface area contributed by atoms with Crippen LogP contribution in [0.4, 0.5) is 0 Å². The second-order valence-electron chi connectivity index (χ2n) is 4.58. The van der Waals surface area contributed by atoms with Gasteiger partial charge in [-0.3, -0.25) is 4.79 Å². The molecule has 0 aliphatic rings. The average Bonchev–Trinajstić information content (AvgIpc) is 2.34. The molecule has 0 spiro atoms. The van der Waals surface area contributed by atoms with Crippen molar-refractivity contribution in [1.82, 2.24) is 5.32 Å². The highest BCUT2D eigenvalue weighted by molar-refractivity contribution is 8.00. The molecule has 1 amide bonds. The largest absolute Gasteiger partial charge is 0.480 e. The van der Waals surface area contributed by atoms with Crippen molar-refractivity contribution in [3.05, 3.63) is 0 Å². The zero-order chi connectivity index (χ0) is 14.1. The number of carbonyl (C=O) groups is 2. The summed E-state index contributed by atoms with van der Waals surface area (Å²) >= 11 is 1.58. The van der Waals surface area contributed by atoms with E-state index >= 15 is 0 Å². The van der Waals surface area contributed by atoms with Gasteiger partial charge in [-0.25, -0.2) is 4.79 Å². The molecule has 106 valence electrons. The molecule has 18 heavy (non-hydrogen) atoms. The molecule has 0 aromatic carbocycles. The Kier molecular flexibility index (Phi) is 8.89. The number of hydrogen-bond acceptors (Lipinski definition) is 3. The van der Waals surface area contributed by atoms with Crippen LogP contribution >= 0.6 is 11.8 Å². The van der Waals surface area contributed by atoms with E-state index in [1.165, 1.54) is 0 Å². The number of carbonyl (C=O) groups excluding carboxylic acids is 1. The minimum atomic E-state index is -0.955. The Morgan fingerprint density at radius 2 is 1.89 bits per heavy atom. The van der Waals surface area contributed by atoms with Crippen LogP contribution in [0, 0.1) is 5.92 Å². The summed E-state index contributed by atoms with van der Waals surface area (Å²) in [7, 11) is 0. The van der Waals surface area contributed by atoms with Crippen molar-refractivity contribution in [1.29, 1.82) is 0 Å². The third-order valence-electron chi connectivity index (χ3n) is 3.01. The fraction of sp³-hybridized carbons (Fsp3) is 0.846. The molecule has 2 N–H and O–H groups in total. The standard InChI is InChI=1S/C13H25NO3S/c1-5-7-8-18-10(4)12(15)14-11(13(16)17)9(3)6-2/h9-11H,5-8H2,1-4H3,(H,14,15)(H,16,17). The molecule has 3 atom stereocenters. The summed E-state index contributed by atoms with van der Waals surface area (Å²) in [5, 5.41) is 11.5. The number of carboxylic acid groups (broad SMARTS) is 1. The Morgan fingerprint density at radius 3 is 2.33 bits per heavy atom. The predicted molar refractivity (Wildman–Crippen MR) is 75.8 cm³/mol. The van der Waals surface area contributed by atoms with Crippen LogP contribution in [0.1, 0.15) is 47.0 Å². The first-order valence-electron chi connectivity index (χ1n) is 6.58. The van der Waals surface area contributed by atoms with Crippen LogP contribution in [-0.2, 0) is 9.59 Å². The molecule has 4 nitrogen and oxygen atoms in total. The lowest BCUT2D eigenvalue weighted by Crippen LogP contribution is -2.47. The van der Waals surface area contributed by atoms with E-state index in [1.54, 1.807) is 11.8 Å². The van der Waals surface area contributed by atoms with Crippen molar-refractivity contribution in [3.8, 4) is 0 Å². The number of aliphatic carboxylic acids is 1. The molecular formula is C13H25NO3S. The smallest absolute Gasteiger partial charge is 0.326 e. The molecule has 3 unspecified atom stereocenters. The van der Waals surface area contributed by atoms with E-state index in [-0.39, 0.29) is 17.1 Å². The van der Waals surface area contributed by atoms with Gasteiger partial charge in [-0.1, -0.05) is 33.6 Å². The van der Waals surface area contributed by atoms with Crippen LogP contribution < -0.4 is 5.32 Å². The minimum Gasteiger partial charge on any atom is -0.480 e. The molecule has 0 radical (unpaired) electrons. The number of hydrogen-bond donors (Lipinski definition) is 2. The minimum absolute atomic E-state index is 0.0562. The first-order chi connectivity index (χ1) is 8.43. The predicted octanol–water partition coefficient (Wildman–Crippen LogP) is 2.52. The molecule has 0 aliphatic heterocycles. The number of amides is 1. The lowest BCUT2D eigenvalue weighted by molar-refractivity contribution is -0.143. The normalized spacial score (nSPS) is 15.8. The molecule has 5 heteroatoms. The Hall–Kier alpha value is -0.710. The summed E-state index contributed by atoms with van der Waals surface area (Å²) in [5.41, 5.74) is 0.